The van der Waals surface area contributed by atoms with Crippen molar-refractivity contribution in [3.8, 4) is 0 Å². The van der Waals surface area contributed by atoms with Crippen LogP contribution in [0.25, 0.3) is 0 Å². The first-order chi connectivity index (χ1) is 8.62. The Labute approximate surface area is 116 Å². The Hall–Kier alpha value is -1.14. The molecule has 0 atom stereocenters. The van der Waals surface area contributed by atoms with Crippen LogP contribution in [0.1, 0.15) is 24.2 Å². The van der Waals surface area contributed by atoms with Gasteiger partial charge in [-0.05, 0) is 24.1 Å². The third-order valence-electron chi connectivity index (χ3n) is 2.42. The summed E-state index contributed by atoms with van der Waals surface area (Å²) in [5, 5.41) is 0. The van der Waals surface area contributed by atoms with Crippen LogP contribution >= 0.6 is 10.7 Å². The summed E-state index contributed by atoms with van der Waals surface area (Å²) in [6, 6.07) is 2.83. The normalized spacial score (nSPS) is 11.7. The van der Waals surface area contributed by atoms with E-state index < -0.39 is 20.8 Å². The minimum Gasteiger partial charge on any atom is -0.341 e. The van der Waals surface area contributed by atoms with Crippen molar-refractivity contribution < 1.29 is 17.6 Å². The number of benzene rings is 1. The molecule has 0 fully saturated rings. The maximum absolute atomic E-state index is 13.2. The first-order valence-electron chi connectivity index (χ1n) is 5.62. The molecule has 1 rings (SSSR count). The van der Waals surface area contributed by atoms with Gasteiger partial charge in [-0.15, -0.1) is 0 Å². The number of rotatable bonds is 4. The molecule has 0 aliphatic carbocycles. The molecule has 0 saturated heterocycles. The standard InChI is InChI=1S/C12H15ClFNO3S/c1-8(2)7-15(3)12(16)10-6-9(14)4-5-11(10)19(13,17)18/h4-6,8H,7H2,1-3H3. The van der Waals surface area contributed by atoms with Gasteiger partial charge >= 0.3 is 0 Å². The minimum absolute atomic E-state index is 0.207. The number of hydrogen-bond donors (Lipinski definition) is 0. The summed E-state index contributed by atoms with van der Waals surface area (Å²) in [7, 11) is 2.68. The molecule has 4 nitrogen and oxygen atoms in total. The molecule has 0 aliphatic rings. The van der Waals surface area contributed by atoms with E-state index >= 15 is 0 Å². The Morgan fingerprint density at radius 2 is 2.00 bits per heavy atom. The largest absolute Gasteiger partial charge is 0.341 e. The van der Waals surface area contributed by atoms with Crippen LogP contribution in [-0.2, 0) is 9.05 Å². The molecule has 0 saturated carbocycles. The van der Waals surface area contributed by atoms with E-state index in [1.165, 1.54) is 11.9 Å². The van der Waals surface area contributed by atoms with Crippen molar-refractivity contribution in [2.24, 2.45) is 5.92 Å². The fraction of sp³-hybridized carbons (Fsp3) is 0.417. The van der Waals surface area contributed by atoms with Crippen molar-refractivity contribution in [1.82, 2.24) is 4.90 Å². The zero-order valence-electron chi connectivity index (χ0n) is 10.9. The minimum atomic E-state index is -4.10. The van der Waals surface area contributed by atoms with E-state index in [1.807, 2.05) is 13.8 Å². The van der Waals surface area contributed by atoms with Crippen molar-refractivity contribution in [3.63, 3.8) is 0 Å². The first-order valence-corrected chi connectivity index (χ1v) is 7.93. The van der Waals surface area contributed by atoms with Gasteiger partial charge in [-0.1, -0.05) is 13.8 Å². The smallest absolute Gasteiger partial charge is 0.262 e. The lowest BCUT2D eigenvalue weighted by molar-refractivity contribution is 0.0775. The van der Waals surface area contributed by atoms with Gasteiger partial charge in [0.15, 0.2) is 0 Å². The van der Waals surface area contributed by atoms with Gasteiger partial charge in [0, 0.05) is 24.3 Å². The molecule has 0 radical (unpaired) electrons. The summed E-state index contributed by atoms with van der Waals surface area (Å²) in [5.41, 5.74) is -0.252. The topological polar surface area (TPSA) is 54.5 Å². The van der Waals surface area contributed by atoms with Gasteiger partial charge < -0.3 is 4.90 Å². The second-order valence-electron chi connectivity index (χ2n) is 4.66. The highest BCUT2D eigenvalue weighted by molar-refractivity contribution is 8.13. The Morgan fingerprint density at radius 1 is 1.42 bits per heavy atom. The molecular weight excluding hydrogens is 293 g/mol. The van der Waals surface area contributed by atoms with E-state index in [-0.39, 0.29) is 16.4 Å². The zero-order chi connectivity index (χ0) is 14.8. The first kappa shape index (κ1) is 15.9. The van der Waals surface area contributed by atoms with Gasteiger partial charge in [-0.25, -0.2) is 12.8 Å². The Morgan fingerprint density at radius 3 is 2.47 bits per heavy atom. The van der Waals surface area contributed by atoms with Gasteiger partial charge in [0.25, 0.3) is 15.0 Å². The SMILES string of the molecule is CC(C)CN(C)C(=O)c1cc(F)ccc1S(=O)(=O)Cl. The van der Waals surface area contributed by atoms with E-state index in [0.29, 0.717) is 6.54 Å². The van der Waals surface area contributed by atoms with E-state index in [0.717, 1.165) is 18.2 Å². The summed E-state index contributed by atoms with van der Waals surface area (Å²) in [4.78, 5) is 13.1. The maximum Gasteiger partial charge on any atom is 0.262 e. The van der Waals surface area contributed by atoms with Crippen molar-refractivity contribution in [2.45, 2.75) is 18.7 Å². The molecule has 1 amide bonds. The average molecular weight is 308 g/mol. The van der Waals surface area contributed by atoms with Crippen LogP contribution in [0.2, 0.25) is 0 Å². The van der Waals surface area contributed by atoms with Crippen LogP contribution in [0.15, 0.2) is 23.1 Å². The molecule has 1 aromatic rings. The molecule has 0 spiro atoms. The van der Waals surface area contributed by atoms with Gasteiger partial charge in [-0.2, -0.15) is 0 Å². The number of nitrogens with zero attached hydrogens (tertiary/aromatic N) is 1. The summed E-state index contributed by atoms with van der Waals surface area (Å²) in [5.74, 6) is -1.06. The number of halogens is 2. The molecular formula is C12H15ClFNO3S. The van der Waals surface area contributed by atoms with Crippen LogP contribution in [0.5, 0.6) is 0 Å². The molecule has 19 heavy (non-hydrogen) atoms. The molecule has 0 bridgehead atoms. The Kier molecular flexibility index (Phi) is 4.92. The molecule has 1 aromatic carbocycles. The summed E-state index contributed by atoms with van der Waals surface area (Å²) in [6.07, 6.45) is 0. The molecule has 7 heteroatoms. The quantitative estimate of drug-likeness (QED) is 0.803. The molecule has 0 aliphatic heterocycles. The number of amides is 1. The summed E-state index contributed by atoms with van der Waals surface area (Å²) < 4.78 is 36.0. The van der Waals surface area contributed by atoms with Crippen molar-refractivity contribution in [2.75, 3.05) is 13.6 Å². The highest BCUT2D eigenvalue weighted by Gasteiger charge is 2.23. The summed E-state index contributed by atoms with van der Waals surface area (Å²) in [6.45, 7) is 4.25. The summed E-state index contributed by atoms with van der Waals surface area (Å²) >= 11 is 0. The van der Waals surface area contributed by atoms with Crippen LogP contribution in [-0.4, -0.2) is 32.8 Å². The fourth-order valence-electron chi connectivity index (χ4n) is 1.72. The maximum atomic E-state index is 13.2. The number of hydrogen-bond acceptors (Lipinski definition) is 3. The molecule has 106 valence electrons. The average Bonchev–Trinajstić information content (AvgIpc) is 2.25. The van der Waals surface area contributed by atoms with Crippen molar-refractivity contribution in [3.05, 3.63) is 29.6 Å². The third-order valence-corrected chi connectivity index (χ3v) is 3.80. The molecule has 0 aromatic heterocycles. The van der Waals surface area contributed by atoms with Crippen LogP contribution in [0.4, 0.5) is 4.39 Å². The third kappa shape index (κ3) is 4.18. The highest BCUT2D eigenvalue weighted by atomic mass is 35.7. The predicted molar refractivity (Wildman–Crippen MR) is 71.2 cm³/mol. The monoisotopic (exact) mass is 307 g/mol. The highest BCUT2D eigenvalue weighted by Crippen LogP contribution is 2.22. The Bertz CT molecular complexity index is 587. The van der Waals surface area contributed by atoms with E-state index in [1.54, 1.807) is 0 Å². The lowest BCUT2D eigenvalue weighted by Crippen LogP contribution is -2.31. The second kappa shape index (κ2) is 5.88. The van der Waals surface area contributed by atoms with Crippen LogP contribution in [0.3, 0.4) is 0 Å². The van der Waals surface area contributed by atoms with Crippen molar-refractivity contribution >= 4 is 25.6 Å². The fourth-order valence-corrected chi connectivity index (χ4v) is 2.76. The van der Waals surface area contributed by atoms with Gasteiger partial charge in [0.05, 0.1) is 10.5 Å². The zero-order valence-corrected chi connectivity index (χ0v) is 12.4. The van der Waals surface area contributed by atoms with Crippen LogP contribution < -0.4 is 0 Å². The van der Waals surface area contributed by atoms with Crippen LogP contribution in [0, 0.1) is 11.7 Å². The lowest BCUT2D eigenvalue weighted by Gasteiger charge is -2.20. The van der Waals surface area contributed by atoms with Gasteiger partial charge in [0.1, 0.15) is 5.82 Å². The molecule has 0 N–H and O–H groups in total. The van der Waals surface area contributed by atoms with Gasteiger partial charge in [0.2, 0.25) is 0 Å². The number of carbonyl (C=O) groups is 1. The number of carbonyl (C=O) groups excluding carboxylic acids is 1. The molecule has 0 unspecified atom stereocenters. The second-order valence-corrected chi connectivity index (χ2v) is 7.19. The van der Waals surface area contributed by atoms with E-state index in [2.05, 4.69) is 0 Å². The van der Waals surface area contributed by atoms with E-state index in [9.17, 15) is 17.6 Å². The van der Waals surface area contributed by atoms with E-state index in [4.69, 9.17) is 10.7 Å². The molecule has 0 heterocycles. The van der Waals surface area contributed by atoms with Gasteiger partial charge in [-0.3, -0.25) is 4.79 Å². The lowest BCUT2D eigenvalue weighted by atomic mass is 10.1. The Balaban J connectivity index is 3.26. The predicted octanol–water partition coefficient (Wildman–Crippen LogP) is 2.48. The van der Waals surface area contributed by atoms with Crippen molar-refractivity contribution in [1.29, 1.82) is 0 Å².